The SMILES string of the molecule is CCO[PH](=O)CN(CCO)CCO. The lowest BCUT2D eigenvalue weighted by molar-refractivity contribution is 0.174. The third kappa shape index (κ3) is 7.16. The van der Waals surface area contributed by atoms with Gasteiger partial charge in [-0.05, 0) is 6.92 Å². The third-order valence-corrected chi connectivity index (χ3v) is 2.81. The second kappa shape index (κ2) is 8.66. The van der Waals surface area contributed by atoms with Crippen molar-refractivity contribution < 1.29 is 19.3 Å². The summed E-state index contributed by atoms with van der Waals surface area (Å²) in [5.41, 5.74) is 0. The fourth-order valence-corrected chi connectivity index (χ4v) is 2.04. The van der Waals surface area contributed by atoms with Gasteiger partial charge in [0.1, 0.15) is 0 Å². The third-order valence-electron chi connectivity index (χ3n) is 1.49. The van der Waals surface area contributed by atoms with Gasteiger partial charge in [-0.2, -0.15) is 0 Å². The molecule has 80 valence electrons. The summed E-state index contributed by atoms with van der Waals surface area (Å²) in [6.45, 7) is 3.06. The average Bonchev–Trinajstić information content (AvgIpc) is 2.05. The van der Waals surface area contributed by atoms with Crippen LogP contribution < -0.4 is 0 Å². The van der Waals surface area contributed by atoms with E-state index in [1.165, 1.54) is 0 Å². The lowest BCUT2D eigenvalue weighted by atomic mass is 10.5. The first-order chi connectivity index (χ1) is 6.24. The molecule has 0 heterocycles. The number of hydrogen-bond acceptors (Lipinski definition) is 5. The first-order valence-corrected chi connectivity index (χ1v) is 5.86. The zero-order valence-corrected chi connectivity index (χ0v) is 8.90. The topological polar surface area (TPSA) is 70.0 Å². The normalized spacial score (nSPS) is 13.5. The van der Waals surface area contributed by atoms with Crippen molar-refractivity contribution in [3.8, 4) is 0 Å². The summed E-state index contributed by atoms with van der Waals surface area (Å²) in [7, 11) is -2.03. The van der Waals surface area contributed by atoms with Crippen LogP contribution in [0.5, 0.6) is 0 Å². The highest BCUT2D eigenvalue weighted by Gasteiger charge is 2.07. The van der Waals surface area contributed by atoms with Gasteiger partial charge in [-0.1, -0.05) is 0 Å². The van der Waals surface area contributed by atoms with E-state index < -0.39 is 8.03 Å². The van der Waals surface area contributed by atoms with Crippen LogP contribution in [0.3, 0.4) is 0 Å². The van der Waals surface area contributed by atoms with E-state index >= 15 is 0 Å². The quantitative estimate of drug-likeness (QED) is 0.541. The van der Waals surface area contributed by atoms with Crippen molar-refractivity contribution in [3.63, 3.8) is 0 Å². The molecule has 0 radical (unpaired) electrons. The highest BCUT2D eigenvalue weighted by Crippen LogP contribution is 2.22. The van der Waals surface area contributed by atoms with Gasteiger partial charge in [-0.15, -0.1) is 0 Å². The highest BCUT2D eigenvalue weighted by atomic mass is 31.1. The van der Waals surface area contributed by atoms with E-state index in [0.717, 1.165) is 0 Å². The Bertz CT molecular complexity index is 138. The van der Waals surface area contributed by atoms with Crippen molar-refractivity contribution in [2.24, 2.45) is 0 Å². The van der Waals surface area contributed by atoms with Crippen molar-refractivity contribution in [1.29, 1.82) is 0 Å². The molecule has 0 aliphatic rings. The van der Waals surface area contributed by atoms with Gasteiger partial charge in [0.05, 0.1) is 26.1 Å². The van der Waals surface area contributed by atoms with E-state index in [9.17, 15) is 4.57 Å². The van der Waals surface area contributed by atoms with Gasteiger partial charge in [0, 0.05) is 13.1 Å². The van der Waals surface area contributed by atoms with Gasteiger partial charge in [-0.25, -0.2) is 0 Å². The first-order valence-electron chi connectivity index (χ1n) is 4.34. The highest BCUT2D eigenvalue weighted by molar-refractivity contribution is 7.39. The van der Waals surface area contributed by atoms with Gasteiger partial charge in [0.25, 0.3) is 0 Å². The zero-order valence-electron chi connectivity index (χ0n) is 7.90. The second-order valence-corrected chi connectivity index (χ2v) is 3.88. The van der Waals surface area contributed by atoms with E-state index in [1.54, 1.807) is 11.8 Å². The molecular weight excluding hydrogens is 193 g/mol. The van der Waals surface area contributed by atoms with Gasteiger partial charge in [0.15, 0.2) is 0 Å². The molecule has 0 amide bonds. The van der Waals surface area contributed by atoms with Gasteiger partial charge >= 0.3 is 0 Å². The van der Waals surface area contributed by atoms with Crippen LogP contribution >= 0.6 is 8.03 Å². The van der Waals surface area contributed by atoms with Crippen LogP contribution in [0.15, 0.2) is 0 Å². The Morgan fingerprint density at radius 2 is 1.85 bits per heavy atom. The standard InChI is InChI=1S/C7H18NO4P/c1-2-12-13(11)7-8(3-5-9)4-6-10/h9-10,13H,2-7H2,1H3. The van der Waals surface area contributed by atoms with Crippen LogP contribution in [-0.4, -0.2) is 54.3 Å². The number of nitrogens with zero attached hydrogens (tertiary/aromatic N) is 1. The molecule has 5 nitrogen and oxygen atoms in total. The Labute approximate surface area is 79.2 Å². The Morgan fingerprint density at radius 1 is 1.31 bits per heavy atom. The Balaban J connectivity index is 3.71. The molecule has 0 saturated carbocycles. The number of aliphatic hydroxyl groups excluding tert-OH is 2. The summed E-state index contributed by atoms with van der Waals surface area (Å²) in [5.74, 6) is 0. The zero-order chi connectivity index (χ0) is 10.1. The van der Waals surface area contributed by atoms with Gasteiger partial charge in [-0.3, -0.25) is 9.46 Å². The molecular formula is C7H18NO4P. The fourth-order valence-electron chi connectivity index (χ4n) is 0.942. The van der Waals surface area contributed by atoms with Crippen molar-refractivity contribution in [2.75, 3.05) is 39.2 Å². The van der Waals surface area contributed by atoms with Crippen LogP contribution in [-0.2, 0) is 9.09 Å². The molecule has 0 aromatic heterocycles. The molecule has 2 N–H and O–H groups in total. The summed E-state index contributed by atoms with van der Waals surface area (Å²) in [6, 6.07) is 0. The average molecular weight is 211 g/mol. The molecule has 0 fully saturated rings. The van der Waals surface area contributed by atoms with Crippen LogP contribution in [0.25, 0.3) is 0 Å². The van der Waals surface area contributed by atoms with Crippen molar-refractivity contribution in [2.45, 2.75) is 6.92 Å². The van der Waals surface area contributed by atoms with Crippen molar-refractivity contribution in [1.82, 2.24) is 4.90 Å². The molecule has 0 saturated heterocycles. The molecule has 0 aromatic carbocycles. The smallest absolute Gasteiger partial charge is 0.205 e. The molecule has 1 atom stereocenters. The molecule has 0 aromatic rings. The van der Waals surface area contributed by atoms with E-state index in [-0.39, 0.29) is 13.2 Å². The Hall–Kier alpha value is 0.0700. The number of aliphatic hydroxyl groups is 2. The lowest BCUT2D eigenvalue weighted by Crippen LogP contribution is -2.29. The van der Waals surface area contributed by atoms with Gasteiger partial charge in [0.2, 0.25) is 8.03 Å². The largest absolute Gasteiger partial charge is 0.395 e. The summed E-state index contributed by atoms with van der Waals surface area (Å²) >= 11 is 0. The molecule has 0 aliphatic heterocycles. The second-order valence-electron chi connectivity index (χ2n) is 2.53. The molecule has 6 heteroatoms. The molecule has 0 rings (SSSR count). The monoisotopic (exact) mass is 211 g/mol. The van der Waals surface area contributed by atoms with Crippen molar-refractivity contribution >= 4 is 8.03 Å². The van der Waals surface area contributed by atoms with Gasteiger partial charge < -0.3 is 14.7 Å². The maximum absolute atomic E-state index is 11.2. The van der Waals surface area contributed by atoms with Crippen molar-refractivity contribution in [3.05, 3.63) is 0 Å². The maximum Gasteiger partial charge on any atom is 0.205 e. The van der Waals surface area contributed by atoms with E-state index in [4.69, 9.17) is 14.7 Å². The lowest BCUT2D eigenvalue weighted by Gasteiger charge is -2.19. The Morgan fingerprint density at radius 3 is 2.23 bits per heavy atom. The minimum absolute atomic E-state index is 0.00126. The fraction of sp³-hybridized carbons (Fsp3) is 1.00. The van der Waals surface area contributed by atoms with Crippen LogP contribution in [0.2, 0.25) is 0 Å². The predicted octanol–water partition coefficient (Wildman–Crippen LogP) is -0.258. The minimum atomic E-state index is -2.03. The predicted molar refractivity (Wildman–Crippen MR) is 51.2 cm³/mol. The molecule has 0 spiro atoms. The molecule has 0 aliphatic carbocycles. The van der Waals surface area contributed by atoms with Crippen LogP contribution in [0, 0.1) is 0 Å². The van der Waals surface area contributed by atoms with E-state index in [1.807, 2.05) is 0 Å². The van der Waals surface area contributed by atoms with E-state index in [0.29, 0.717) is 26.0 Å². The first kappa shape index (κ1) is 13.1. The minimum Gasteiger partial charge on any atom is -0.395 e. The molecule has 0 bridgehead atoms. The van der Waals surface area contributed by atoms with Crippen LogP contribution in [0.1, 0.15) is 6.92 Å². The van der Waals surface area contributed by atoms with E-state index in [2.05, 4.69) is 0 Å². The summed E-state index contributed by atoms with van der Waals surface area (Å²) in [5, 5.41) is 17.3. The maximum atomic E-state index is 11.2. The number of rotatable bonds is 8. The molecule has 1 unspecified atom stereocenters. The summed E-state index contributed by atoms with van der Waals surface area (Å²) in [6.07, 6.45) is 0.305. The van der Waals surface area contributed by atoms with Crippen LogP contribution in [0.4, 0.5) is 0 Å². The number of hydrogen-bond donors (Lipinski definition) is 2. The summed E-state index contributed by atoms with van der Waals surface area (Å²) in [4.78, 5) is 1.72. The Kier molecular flexibility index (Phi) is 8.71. The molecule has 13 heavy (non-hydrogen) atoms. The summed E-state index contributed by atoms with van der Waals surface area (Å²) < 4.78 is 16.1.